The van der Waals surface area contributed by atoms with E-state index in [9.17, 15) is 4.79 Å². The molecule has 0 bridgehead atoms. The minimum absolute atomic E-state index is 0.442. The number of aromatic nitrogens is 4. The van der Waals surface area contributed by atoms with E-state index < -0.39 is 5.91 Å². The van der Waals surface area contributed by atoms with Crippen LogP contribution in [-0.4, -0.2) is 32.3 Å². The second-order valence-electron chi connectivity index (χ2n) is 5.50. The van der Waals surface area contributed by atoms with E-state index in [1.54, 1.807) is 23.0 Å². The van der Waals surface area contributed by atoms with E-state index in [1.165, 1.54) is 0 Å². The number of fused-ring (bicyclic) bond motifs is 2. The first kappa shape index (κ1) is 13.8. The van der Waals surface area contributed by atoms with Crippen LogP contribution >= 0.6 is 0 Å². The van der Waals surface area contributed by atoms with Crippen molar-refractivity contribution >= 4 is 16.8 Å². The summed E-state index contributed by atoms with van der Waals surface area (Å²) < 4.78 is 7.11. The van der Waals surface area contributed by atoms with Crippen LogP contribution in [-0.2, 0) is 17.8 Å². The molecule has 0 unspecified atom stereocenters. The van der Waals surface area contributed by atoms with Gasteiger partial charge in [0.1, 0.15) is 0 Å². The van der Waals surface area contributed by atoms with Crippen molar-refractivity contribution in [2.24, 2.45) is 5.73 Å². The molecule has 1 amide bonds. The summed E-state index contributed by atoms with van der Waals surface area (Å²) in [7, 11) is 0. The summed E-state index contributed by atoms with van der Waals surface area (Å²) in [6, 6.07) is 5.34. The molecule has 116 valence electrons. The number of benzene rings is 1. The van der Waals surface area contributed by atoms with E-state index in [1.807, 2.05) is 13.0 Å². The van der Waals surface area contributed by atoms with Gasteiger partial charge in [-0.05, 0) is 19.1 Å². The van der Waals surface area contributed by atoms with Crippen molar-refractivity contribution in [2.75, 3.05) is 6.61 Å². The SMILES string of the molecule is Cc1nc(-n2ncc3c(C(N)=O)cccc32)nc2c1COCC2. The van der Waals surface area contributed by atoms with E-state index in [2.05, 4.69) is 15.1 Å². The van der Waals surface area contributed by atoms with Crippen molar-refractivity contribution < 1.29 is 9.53 Å². The Kier molecular flexibility index (Phi) is 3.09. The third-order valence-corrected chi connectivity index (χ3v) is 4.09. The molecule has 1 aliphatic heterocycles. The van der Waals surface area contributed by atoms with Gasteiger partial charge in [-0.15, -0.1) is 0 Å². The topological polar surface area (TPSA) is 95.9 Å². The minimum atomic E-state index is -0.477. The predicted molar refractivity (Wildman–Crippen MR) is 83.3 cm³/mol. The van der Waals surface area contributed by atoms with E-state index >= 15 is 0 Å². The standard InChI is InChI=1S/C16H15N5O2/c1-9-12-8-23-6-5-13(12)20-16(19-9)21-14-4-2-3-10(15(17)22)11(14)7-18-21/h2-4,7H,5-6,8H2,1H3,(H2,17,22). The molecule has 0 radical (unpaired) electrons. The lowest BCUT2D eigenvalue weighted by atomic mass is 10.1. The number of rotatable bonds is 2. The average molecular weight is 309 g/mol. The molecule has 23 heavy (non-hydrogen) atoms. The fourth-order valence-electron chi connectivity index (χ4n) is 2.90. The van der Waals surface area contributed by atoms with Crippen LogP contribution in [0.1, 0.15) is 27.3 Å². The van der Waals surface area contributed by atoms with Crippen LogP contribution in [0.5, 0.6) is 0 Å². The second-order valence-corrected chi connectivity index (χ2v) is 5.50. The first-order valence-corrected chi connectivity index (χ1v) is 7.36. The molecule has 0 saturated heterocycles. The van der Waals surface area contributed by atoms with Crippen molar-refractivity contribution in [3.8, 4) is 5.95 Å². The number of aryl methyl sites for hydroxylation is 1. The molecule has 1 aliphatic rings. The van der Waals surface area contributed by atoms with Gasteiger partial charge in [0.15, 0.2) is 0 Å². The first-order valence-electron chi connectivity index (χ1n) is 7.36. The number of primary amides is 1. The van der Waals surface area contributed by atoms with Crippen molar-refractivity contribution in [1.82, 2.24) is 19.7 Å². The molecule has 3 heterocycles. The van der Waals surface area contributed by atoms with Crippen molar-refractivity contribution in [3.05, 3.63) is 46.9 Å². The number of ether oxygens (including phenoxy) is 1. The summed E-state index contributed by atoms with van der Waals surface area (Å²) in [4.78, 5) is 20.7. The van der Waals surface area contributed by atoms with Crippen molar-refractivity contribution in [2.45, 2.75) is 20.0 Å². The van der Waals surface area contributed by atoms with Gasteiger partial charge in [-0.3, -0.25) is 4.79 Å². The fourth-order valence-corrected chi connectivity index (χ4v) is 2.90. The maximum Gasteiger partial charge on any atom is 0.251 e. The number of hydrogen-bond acceptors (Lipinski definition) is 5. The first-order chi connectivity index (χ1) is 11.1. The Bertz CT molecular complexity index is 932. The summed E-state index contributed by atoms with van der Waals surface area (Å²) in [6.07, 6.45) is 2.38. The molecule has 7 nitrogen and oxygen atoms in total. The molecule has 7 heteroatoms. The second kappa shape index (κ2) is 5.13. The van der Waals surface area contributed by atoms with Gasteiger partial charge in [0, 0.05) is 23.1 Å². The van der Waals surface area contributed by atoms with Gasteiger partial charge >= 0.3 is 0 Å². The van der Waals surface area contributed by atoms with Gasteiger partial charge in [-0.2, -0.15) is 9.78 Å². The molecule has 0 saturated carbocycles. The maximum absolute atomic E-state index is 11.5. The molecule has 3 aromatic rings. The minimum Gasteiger partial charge on any atom is -0.376 e. The molecule has 0 fully saturated rings. The number of carbonyl (C=O) groups excluding carboxylic acids is 1. The lowest BCUT2D eigenvalue weighted by molar-refractivity contribution is 0.100. The zero-order valence-corrected chi connectivity index (χ0v) is 12.6. The number of carbonyl (C=O) groups is 1. The lowest BCUT2D eigenvalue weighted by Crippen LogP contribution is -2.17. The zero-order valence-electron chi connectivity index (χ0n) is 12.6. The Balaban J connectivity index is 1.92. The van der Waals surface area contributed by atoms with Crippen molar-refractivity contribution in [3.63, 3.8) is 0 Å². The maximum atomic E-state index is 11.5. The number of nitrogens with zero attached hydrogens (tertiary/aromatic N) is 4. The Hall–Kier alpha value is -2.80. The lowest BCUT2D eigenvalue weighted by Gasteiger charge is -2.18. The van der Waals surface area contributed by atoms with Gasteiger partial charge in [-0.1, -0.05) is 6.07 Å². The monoisotopic (exact) mass is 309 g/mol. The molecule has 4 rings (SSSR count). The van der Waals surface area contributed by atoms with Gasteiger partial charge < -0.3 is 10.5 Å². The zero-order chi connectivity index (χ0) is 16.0. The Morgan fingerprint density at radius 3 is 3.04 bits per heavy atom. The predicted octanol–water partition coefficient (Wildman–Crippen LogP) is 1.30. The van der Waals surface area contributed by atoms with Crippen LogP contribution in [0.15, 0.2) is 24.4 Å². The van der Waals surface area contributed by atoms with Gasteiger partial charge in [-0.25, -0.2) is 9.97 Å². The molecule has 1 aromatic carbocycles. The largest absolute Gasteiger partial charge is 0.376 e. The smallest absolute Gasteiger partial charge is 0.251 e. The summed E-state index contributed by atoms with van der Waals surface area (Å²) in [6.45, 7) is 3.15. The average Bonchev–Trinajstić information content (AvgIpc) is 2.98. The number of nitrogens with two attached hydrogens (primary N) is 1. The molecule has 0 atom stereocenters. The van der Waals surface area contributed by atoms with Crippen LogP contribution in [0.4, 0.5) is 0 Å². The van der Waals surface area contributed by atoms with Gasteiger partial charge in [0.2, 0.25) is 5.91 Å². The van der Waals surface area contributed by atoms with E-state index in [4.69, 9.17) is 10.5 Å². The summed E-state index contributed by atoms with van der Waals surface area (Å²) in [5.41, 5.74) is 9.55. The molecule has 2 N–H and O–H groups in total. The highest BCUT2D eigenvalue weighted by Gasteiger charge is 2.18. The van der Waals surface area contributed by atoms with E-state index in [0.717, 1.165) is 28.9 Å². The highest BCUT2D eigenvalue weighted by Crippen LogP contribution is 2.23. The summed E-state index contributed by atoms with van der Waals surface area (Å²) in [5.74, 6) is 0.0228. The van der Waals surface area contributed by atoms with Gasteiger partial charge in [0.05, 0.1) is 36.2 Å². The highest BCUT2D eigenvalue weighted by atomic mass is 16.5. The third-order valence-electron chi connectivity index (χ3n) is 4.09. The van der Waals surface area contributed by atoms with Crippen LogP contribution in [0.3, 0.4) is 0 Å². The number of hydrogen-bond donors (Lipinski definition) is 1. The van der Waals surface area contributed by atoms with Crippen LogP contribution in [0.25, 0.3) is 16.9 Å². The normalized spacial score (nSPS) is 14.0. The van der Waals surface area contributed by atoms with Crippen molar-refractivity contribution in [1.29, 1.82) is 0 Å². The fraction of sp³-hybridized carbons (Fsp3) is 0.250. The summed E-state index contributed by atoms with van der Waals surface area (Å²) in [5, 5.41) is 5.05. The van der Waals surface area contributed by atoms with Crippen LogP contribution in [0, 0.1) is 6.92 Å². The van der Waals surface area contributed by atoms with E-state index in [0.29, 0.717) is 30.1 Å². The highest BCUT2D eigenvalue weighted by molar-refractivity contribution is 6.05. The Labute approximate surface area is 132 Å². The van der Waals surface area contributed by atoms with Gasteiger partial charge in [0.25, 0.3) is 5.95 Å². The Morgan fingerprint density at radius 2 is 2.22 bits per heavy atom. The number of amides is 1. The summed E-state index contributed by atoms with van der Waals surface area (Å²) >= 11 is 0. The van der Waals surface area contributed by atoms with E-state index in [-0.39, 0.29) is 0 Å². The molecular formula is C16H15N5O2. The molecule has 2 aromatic heterocycles. The van der Waals surface area contributed by atoms with Crippen LogP contribution in [0.2, 0.25) is 0 Å². The molecular weight excluding hydrogens is 294 g/mol. The third kappa shape index (κ3) is 2.17. The molecule has 0 spiro atoms. The Morgan fingerprint density at radius 1 is 1.35 bits per heavy atom. The molecule has 0 aliphatic carbocycles. The van der Waals surface area contributed by atoms with Crippen LogP contribution < -0.4 is 5.73 Å². The quantitative estimate of drug-likeness (QED) is 0.769.